The first-order valence-corrected chi connectivity index (χ1v) is 18.2. The van der Waals surface area contributed by atoms with Crippen LogP contribution >= 0.6 is 0 Å². The third-order valence-electron chi connectivity index (χ3n) is 8.36. The fraction of sp³-hybridized carbons (Fsp3) is 0.227. The van der Waals surface area contributed by atoms with E-state index in [-0.39, 0.29) is 37.8 Å². The monoisotopic (exact) mass is 757 g/mol. The third-order valence-corrected chi connectivity index (χ3v) is 8.36. The number of esters is 2. The number of alkyl carbamates (subject to hydrolysis) is 1. The van der Waals surface area contributed by atoms with Crippen LogP contribution in [0.3, 0.4) is 0 Å². The Morgan fingerprint density at radius 1 is 0.732 bits per heavy atom. The van der Waals surface area contributed by atoms with Crippen LogP contribution in [0.15, 0.2) is 143 Å². The van der Waals surface area contributed by atoms with Gasteiger partial charge in [-0.2, -0.15) is 5.11 Å². The predicted octanol–water partition coefficient (Wildman–Crippen LogP) is 9.23. The Morgan fingerprint density at radius 2 is 1.43 bits per heavy atom. The summed E-state index contributed by atoms with van der Waals surface area (Å²) in [5, 5.41) is 13.2. The molecular weight excluding hydrogens is 714 g/mol. The zero-order chi connectivity index (χ0) is 39.5. The number of benzene rings is 5. The smallest absolute Gasteiger partial charge is 0.408 e. The average Bonchev–Trinajstić information content (AvgIpc) is 3.24. The summed E-state index contributed by atoms with van der Waals surface area (Å²) in [6.07, 6.45) is 2.46. The first-order chi connectivity index (χ1) is 27.3. The van der Waals surface area contributed by atoms with E-state index in [9.17, 15) is 19.2 Å². The predicted molar refractivity (Wildman–Crippen MR) is 210 cm³/mol. The Balaban J connectivity index is 1.15. The largest absolute Gasteiger partial charge is 0.495 e. The molecule has 1 N–H and O–H groups in total. The topological polar surface area (TPSA) is 151 Å². The van der Waals surface area contributed by atoms with Gasteiger partial charge in [0.2, 0.25) is 0 Å². The molecule has 0 bridgehead atoms. The average molecular weight is 758 g/mol. The highest BCUT2D eigenvalue weighted by Crippen LogP contribution is 2.37. The molecule has 1 amide bonds. The minimum Gasteiger partial charge on any atom is -0.495 e. The Hall–Kier alpha value is -6.82. The number of hydrogen-bond acceptors (Lipinski definition) is 11. The maximum atomic E-state index is 13.2. The summed E-state index contributed by atoms with van der Waals surface area (Å²) in [6, 6.07) is 34.8. The number of fused-ring (bicyclic) bond motifs is 1. The Bertz CT molecular complexity index is 2140. The van der Waals surface area contributed by atoms with E-state index in [1.165, 1.54) is 37.5 Å². The van der Waals surface area contributed by atoms with E-state index in [1.807, 2.05) is 91.9 Å². The molecule has 0 heterocycles. The molecule has 12 heteroatoms. The molecule has 0 aromatic heterocycles. The van der Waals surface area contributed by atoms with Gasteiger partial charge in [0.15, 0.2) is 11.8 Å². The number of allylic oxidation sites excluding steroid dienone is 2. The number of azo groups is 1. The molecule has 0 aliphatic carbocycles. The molecule has 56 heavy (non-hydrogen) atoms. The molecule has 5 rings (SSSR count). The van der Waals surface area contributed by atoms with Gasteiger partial charge < -0.3 is 29.0 Å². The quantitative estimate of drug-likeness (QED) is 0.0165. The fourth-order valence-electron chi connectivity index (χ4n) is 5.37. The lowest BCUT2D eigenvalue weighted by Crippen LogP contribution is -2.44. The van der Waals surface area contributed by atoms with Crippen molar-refractivity contribution in [1.82, 2.24) is 5.32 Å². The maximum absolute atomic E-state index is 13.2. The van der Waals surface area contributed by atoms with Crippen LogP contribution in [0.1, 0.15) is 52.5 Å². The first-order valence-electron chi connectivity index (χ1n) is 18.2. The normalized spacial score (nSPS) is 11.8. The van der Waals surface area contributed by atoms with Gasteiger partial charge >= 0.3 is 18.0 Å². The van der Waals surface area contributed by atoms with Crippen molar-refractivity contribution in [3.8, 4) is 5.75 Å². The van der Waals surface area contributed by atoms with E-state index in [0.717, 1.165) is 22.8 Å². The lowest BCUT2D eigenvalue weighted by atomic mass is 10.1. The van der Waals surface area contributed by atoms with Gasteiger partial charge in [-0.05, 0) is 47.7 Å². The molecule has 0 spiro atoms. The van der Waals surface area contributed by atoms with Crippen LogP contribution in [-0.2, 0) is 30.3 Å². The number of unbranched alkanes of at least 4 members (excludes halogenated alkanes) is 1. The third kappa shape index (κ3) is 12.1. The second-order valence-electron chi connectivity index (χ2n) is 12.4. The number of methoxy groups -OCH3 is 1. The lowest BCUT2D eigenvalue weighted by molar-refractivity contribution is -0.144. The molecular formula is C44H43N3O9. The van der Waals surface area contributed by atoms with Crippen molar-refractivity contribution in [3.05, 3.63) is 150 Å². The summed E-state index contributed by atoms with van der Waals surface area (Å²) < 4.78 is 27.4. The first kappa shape index (κ1) is 40.4. The molecule has 0 radical (unpaired) electrons. The number of carbonyl (C=O) groups is 4. The number of carbonyl (C=O) groups excluding carboxylic acids is 4. The Labute approximate surface area is 325 Å². The molecule has 0 saturated heterocycles. The van der Waals surface area contributed by atoms with Gasteiger partial charge in [0.25, 0.3) is 0 Å². The van der Waals surface area contributed by atoms with Gasteiger partial charge in [-0.1, -0.05) is 104 Å². The lowest BCUT2D eigenvalue weighted by Gasteiger charge is -2.18. The number of nitrogens with one attached hydrogen (secondary N) is 1. The molecule has 0 fully saturated rings. The van der Waals surface area contributed by atoms with Gasteiger partial charge in [0.05, 0.1) is 24.1 Å². The van der Waals surface area contributed by atoms with Gasteiger partial charge in [0.1, 0.15) is 37.9 Å². The minimum atomic E-state index is -1.18. The highest BCUT2D eigenvalue weighted by molar-refractivity contribution is 6.05. The van der Waals surface area contributed by atoms with E-state index in [0.29, 0.717) is 41.3 Å². The van der Waals surface area contributed by atoms with Gasteiger partial charge in [-0.25, -0.2) is 14.4 Å². The summed E-state index contributed by atoms with van der Waals surface area (Å²) >= 11 is 0. The number of nitrogens with zero attached hydrogens (tertiary/aromatic N) is 2. The maximum Gasteiger partial charge on any atom is 0.408 e. The van der Waals surface area contributed by atoms with Crippen molar-refractivity contribution in [1.29, 1.82) is 0 Å². The van der Waals surface area contributed by atoms with Crippen LogP contribution in [0, 0.1) is 0 Å². The second-order valence-corrected chi connectivity index (χ2v) is 12.4. The van der Waals surface area contributed by atoms with Crippen molar-refractivity contribution in [2.24, 2.45) is 10.2 Å². The number of rotatable bonds is 19. The Morgan fingerprint density at radius 3 is 2.16 bits per heavy atom. The van der Waals surface area contributed by atoms with Crippen LogP contribution in [0.25, 0.3) is 10.8 Å². The summed E-state index contributed by atoms with van der Waals surface area (Å²) in [6.45, 7) is 1.75. The number of hydrogen-bond donors (Lipinski definition) is 1. The van der Waals surface area contributed by atoms with Crippen molar-refractivity contribution >= 4 is 46.0 Å². The zero-order valence-electron chi connectivity index (χ0n) is 31.2. The standard InChI is InChI=1S/C44H43N3O9/c1-3-4-18-36(55-30-38(43(50)52-2)45-44(51)56-29-31-13-7-5-8-14-31)28-39(48)33-20-22-34(23-21-33)42(49)54-27-26-53-40-25-24-32-15-11-12-19-37(32)41(40)47-46-35-16-9-6-10-17-35/h5-17,19-25,28,38H,3-4,18,26-27,29-30H2,1-2H3,(H,45,51)/b36-28+,47-46?/t38-/m0/s1. The number of amides is 1. The minimum absolute atomic E-state index is 0.0132. The molecule has 5 aromatic carbocycles. The van der Waals surface area contributed by atoms with Crippen LogP contribution in [-0.4, -0.2) is 56.8 Å². The molecule has 0 saturated carbocycles. The van der Waals surface area contributed by atoms with Crippen LogP contribution in [0.2, 0.25) is 0 Å². The van der Waals surface area contributed by atoms with Gasteiger partial charge in [-0.3, -0.25) is 4.79 Å². The fourth-order valence-corrected chi connectivity index (χ4v) is 5.37. The Kier molecular flexibility index (Phi) is 15.3. The number of ketones is 1. The van der Waals surface area contributed by atoms with Gasteiger partial charge in [-0.15, -0.1) is 5.11 Å². The van der Waals surface area contributed by atoms with Crippen molar-refractivity contribution in [2.45, 2.75) is 38.8 Å². The SMILES string of the molecule is CCCC/C(=C\C(=O)c1ccc(C(=O)OCCOc2ccc3ccccc3c2N=Nc2ccccc2)cc1)OC[C@H](NC(=O)OCc1ccccc1)C(=O)OC. The summed E-state index contributed by atoms with van der Waals surface area (Å²) in [4.78, 5) is 51.0. The van der Waals surface area contributed by atoms with Crippen molar-refractivity contribution in [3.63, 3.8) is 0 Å². The molecule has 1 atom stereocenters. The van der Waals surface area contributed by atoms with Crippen LogP contribution in [0.4, 0.5) is 16.2 Å². The summed E-state index contributed by atoms with van der Waals surface area (Å²) in [5.41, 5.74) is 2.61. The second kappa shape index (κ2) is 21.2. The van der Waals surface area contributed by atoms with E-state index >= 15 is 0 Å². The molecule has 0 aliphatic heterocycles. The molecule has 5 aromatic rings. The number of ether oxygens (including phenoxy) is 5. The van der Waals surface area contributed by atoms with E-state index in [4.69, 9.17) is 23.7 Å². The molecule has 0 aliphatic rings. The van der Waals surface area contributed by atoms with E-state index in [1.54, 1.807) is 12.1 Å². The van der Waals surface area contributed by atoms with E-state index < -0.39 is 24.1 Å². The van der Waals surface area contributed by atoms with Crippen molar-refractivity contribution in [2.75, 3.05) is 26.9 Å². The zero-order valence-corrected chi connectivity index (χ0v) is 31.2. The van der Waals surface area contributed by atoms with Gasteiger partial charge in [0, 0.05) is 23.4 Å². The van der Waals surface area contributed by atoms with Crippen LogP contribution < -0.4 is 10.1 Å². The molecule has 288 valence electrons. The summed E-state index contributed by atoms with van der Waals surface area (Å²) in [5.74, 6) is -0.868. The highest BCUT2D eigenvalue weighted by atomic mass is 16.6. The van der Waals surface area contributed by atoms with Crippen LogP contribution in [0.5, 0.6) is 5.75 Å². The molecule has 12 nitrogen and oxygen atoms in total. The summed E-state index contributed by atoms with van der Waals surface area (Å²) in [7, 11) is 1.19. The molecule has 0 unspecified atom stereocenters. The highest BCUT2D eigenvalue weighted by Gasteiger charge is 2.24. The van der Waals surface area contributed by atoms with E-state index in [2.05, 4.69) is 15.5 Å². The van der Waals surface area contributed by atoms with Crippen molar-refractivity contribution < 1.29 is 42.9 Å².